The van der Waals surface area contributed by atoms with Gasteiger partial charge in [-0.1, -0.05) is 12.1 Å². The fourth-order valence-electron chi connectivity index (χ4n) is 2.77. The van der Waals surface area contributed by atoms with E-state index in [2.05, 4.69) is 4.98 Å². The molecule has 0 aliphatic carbocycles. The number of halogens is 3. The maximum atomic E-state index is 13.1. The van der Waals surface area contributed by atoms with Crippen LogP contribution in [0, 0.1) is 13.8 Å². The van der Waals surface area contributed by atoms with Gasteiger partial charge in [-0.05, 0) is 49.7 Å². The van der Waals surface area contributed by atoms with Crippen LogP contribution in [0.5, 0.6) is 0 Å². The molecule has 3 rings (SSSR count). The molecule has 1 amide bonds. The van der Waals surface area contributed by atoms with E-state index in [1.165, 1.54) is 12.1 Å². The van der Waals surface area contributed by atoms with E-state index >= 15 is 0 Å². The Hall–Kier alpha value is -2.81. The Bertz CT molecular complexity index is 1150. The van der Waals surface area contributed by atoms with Crippen molar-refractivity contribution in [3.05, 3.63) is 64.8 Å². The summed E-state index contributed by atoms with van der Waals surface area (Å²) >= 11 is 0. The van der Waals surface area contributed by atoms with Crippen LogP contribution in [0.25, 0.3) is 10.9 Å². The summed E-state index contributed by atoms with van der Waals surface area (Å²) in [6, 6.07) is 8.20. The standard InChI is InChI=1S/C18H15F3N2O3S/c1-10-11(2)22-15-8-7-12(9-13(10)15)17(24)23-27(25,26)16-6-4-3-5-14(16)18(19,20)21/h3-9,22H,1-2H3,(H,23,24). The topological polar surface area (TPSA) is 79.0 Å². The summed E-state index contributed by atoms with van der Waals surface area (Å²) in [6.45, 7) is 3.69. The van der Waals surface area contributed by atoms with Crippen molar-refractivity contribution in [2.24, 2.45) is 0 Å². The molecule has 5 nitrogen and oxygen atoms in total. The van der Waals surface area contributed by atoms with E-state index in [1.807, 2.05) is 13.8 Å². The highest BCUT2D eigenvalue weighted by atomic mass is 32.2. The lowest BCUT2D eigenvalue weighted by Crippen LogP contribution is -2.32. The lowest BCUT2D eigenvalue weighted by atomic mass is 10.1. The molecule has 0 fully saturated rings. The summed E-state index contributed by atoms with van der Waals surface area (Å²) in [6.07, 6.45) is -4.87. The van der Waals surface area contributed by atoms with Gasteiger partial charge in [-0.2, -0.15) is 13.2 Å². The van der Waals surface area contributed by atoms with Crippen LogP contribution >= 0.6 is 0 Å². The number of amides is 1. The van der Waals surface area contributed by atoms with Crippen LogP contribution < -0.4 is 4.72 Å². The van der Waals surface area contributed by atoms with E-state index in [0.29, 0.717) is 6.07 Å². The SMILES string of the molecule is Cc1[nH]c2ccc(C(=O)NS(=O)(=O)c3ccccc3C(F)(F)F)cc2c1C. The van der Waals surface area contributed by atoms with Crippen LogP contribution in [0.1, 0.15) is 27.2 Å². The third-order valence-corrected chi connectivity index (χ3v) is 5.67. The van der Waals surface area contributed by atoms with Gasteiger partial charge < -0.3 is 4.98 Å². The second-order valence-corrected chi connectivity index (χ2v) is 7.71. The zero-order valence-electron chi connectivity index (χ0n) is 14.3. The summed E-state index contributed by atoms with van der Waals surface area (Å²) in [5.74, 6) is -1.01. The van der Waals surface area contributed by atoms with Crippen LogP contribution in [0.15, 0.2) is 47.4 Å². The van der Waals surface area contributed by atoms with Crippen molar-refractivity contribution in [2.45, 2.75) is 24.9 Å². The van der Waals surface area contributed by atoms with Crippen molar-refractivity contribution in [1.82, 2.24) is 9.71 Å². The first-order chi connectivity index (χ1) is 12.5. The summed E-state index contributed by atoms with van der Waals surface area (Å²) in [4.78, 5) is 14.5. The molecule has 3 aromatic rings. The van der Waals surface area contributed by atoms with E-state index in [9.17, 15) is 26.4 Å². The number of hydrogen-bond donors (Lipinski definition) is 2. The smallest absolute Gasteiger partial charge is 0.358 e. The number of carbonyl (C=O) groups is 1. The molecule has 1 aromatic heterocycles. The first-order valence-electron chi connectivity index (χ1n) is 7.83. The lowest BCUT2D eigenvalue weighted by molar-refractivity contribution is -0.139. The largest absolute Gasteiger partial charge is 0.417 e. The van der Waals surface area contributed by atoms with Crippen LogP contribution in [0.3, 0.4) is 0 Å². The average Bonchev–Trinajstić information content (AvgIpc) is 2.88. The van der Waals surface area contributed by atoms with Crippen LogP contribution in [0.2, 0.25) is 0 Å². The minimum atomic E-state index is -4.87. The molecular weight excluding hydrogens is 381 g/mol. The molecule has 9 heteroatoms. The van der Waals surface area contributed by atoms with Crippen LogP contribution in [-0.2, 0) is 16.2 Å². The Morgan fingerprint density at radius 3 is 2.41 bits per heavy atom. The summed E-state index contributed by atoms with van der Waals surface area (Å²) in [5.41, 5.74) is 1.25. The van der Waals surface area contributed by atoms with Crippen molar-refractivity contribution in [2.75, 3.05) is 0 Å². The van der Waals surface area contributed by atoms with Crippen LogP contribution in [0.4, 0.5) is 13.2 Å². The van der Waals surface area contributed by atoms with E-state index in [-0.39, 0.29) is 5.56 Å². The number of nitrogens with one attached hydrogen (secondary N) is 2. The molecule has 0 bridgehead atoms. The zero-order valence-corrected chi connectivity index (χ0v) is 15.1. The molecule has 0 unspecified atom stereocenters. The second-order valence-electron chi connectivity index (χ2n) is 6.06. The minimum absolute atomic E-state index is 0.0256. The lowest BCUT2D eigenvalue weighted by Gasteiger charge is -2.13. The Kier molecular flexibility index (Phi) is 4.51. The quantitative estimate of drug-likeness (QED) is 0.704. The van der Waals surface area contributed by atoms with Gasteiger partial charge in [-0.15, -0.1) is 0 Å². The van der Waals surface area contributed by atoms with E-state index in [4.69, 9.17) is 0 Å². The highest BCUT2D eigenvalue weighted by Crippen LogP contribution is 2.34. The fraction of sp³-hybridized carbons (Fsp3) is 0.167. The molecular formula is C18H15F3N2O3S. The molecule has 1 heterocycles. The van der Waals surface area contributed by atoms with Gasteiger partial charge in [0.15, 0.2) is 0 Å². The van der Waals surface area contributed by atoms with Crippen LogP contribution in [-0.4, -0.2) is 19.3 Å². The zero-order chi connectivity index (χ0) is 20.0. The third kappa shape index (κ3) is 3.55. The number of aromatic nitrogens is 1. The first kappa shape index (κ1) is 19.0. The second kappa shape index (κ2) is 6.41. The molecule has 0 saturated carbocycles. The number of rotatable bonds is 3. The van der Waals surface area contributed by atoms with Crippen molar-refractivity contribution in [3.8, 4) is 0 Å². The van der Waals surface area contributed by atoms with E-state index in [0.717, 1.165) is 40.4 Å². The van der Waals surface area contributed by atoms with Crippen molar-refractivity contribution in [1.29, 1.82) is 0 Å². The molecule has 2 N–H and O–H groups in total. The average molecular weight is 396 g/mol. The highest BCUT2D eigenvalue weighted by Gasteiger charge is 2.37. The highest BCUT2D eigenvalue weighted by molar-refractivity contribution is 7.90. The summed E-state index contributed by atoms with van der Waals surface area (Å²) < 4.78 is 65.7. The number of aryl methyl sites for hydroxylation is 2. The third-order valence-electron chi connectivity index (χ3n) is 4.28. The molecule has 0 radical (unpaired) electrons. The Morgan fingerprint density at radius 2 is 1.74 bits per heavy atom. The van der Waals surface area contributed by atoms with E-state index < -0.39 is 32.6 Å². The number of carbonyl (C=O) groups excluding carboxylic acids is 1. The minimum Gasteiger partial charge on any atom is -0.358 e. The van der Waals surface area contributed by atoms with Crippen molar-refractivity contribution >= 4 is 26.8 Å². The van der Waals surface area contributed by atoms with Gasteiger partial charge in [0, 0.05) is 22.2 Å². The Labute approximate surface area is 153 Å². The Morgan fingerprint density at radius 1 is 1.07 bits per heavy atom. The molecule has 142 valence electrons. The van der Waals surface area contributed by atoms with Gasteiger partial charge in [-0.3, -0.25) is 4.79 Å². The first-order valence-corrected chi connectivity index (χ1v) is 9.31. The molecule has 0 atom stereocenters. The maximum Gasteiger partial charge on any atom is 0.417 e. The molecule has 0 aliphatic rings. The predicted molar refractivity (Wildman–Crippen MR) is 93.9 cm³/mol. The maximum absolute atomic E-state index is 13.1. The number of alkyl halides is 3. The summed E-state index contributed by atoms with van der Waals surface area (Å²) in [7, 11) is -4.71. The number of fused-ring (bicyclic) bond motifs is 1. The number of hydrogen-bond acceptors (Lipinski definition) is 3. The van der Waals surface area contributed by atoms with Gasteiger partial charge in [0.05, 0.1) is 10.5 Å². The van der Waals surface area contributed by atoms with Gasteiger partial charge in [0.1, 0.15) is 0 Å². The molecule has 0 spiro atoms. The molecule has 0 aliphatic heterocycles. The van der Waals surface area contributed by atoms with E-state index in [1.54, 1.807) is 10.8 Å². The number of H-pyrrole nitrogens is 1. The summed E-state index contributed by atoms with van der Waals surface area (Å²) in [5, 5.41) is 0.730. The molecule has 2 aromatic carbocycles. The fourth-order valence-corrected chi connectivity index (χ4v) is 3.98. The number of aromatic amines is 1. The normalized spacial score (nSPS) is 12.3. The number of benzene rings is 2. The van der Waals surface area contributed by atoms with Gasteiger partial charge in [0.25, 0.3) is 15.9 Å². The van der Waals surface area contributed by atoms with Gasteiger partial charge in [-0.25, -0.2) is 13.1 Å². The number of sulfonamides is 1. The predicted octanol–water partition coefficient (Wildman–Crippen LogP) is 3.92. The molecule has 0 saturated heterocycles. The Balaban J connectivity index is 1.98. The monoisotopic (exact) mass is 396 g/mol. The van der Waals surface area contributed by atoms with Gasteiger partial charge >= 0.3 is 6.18 Å². The van der Waals surface area contributed by atoms with Crippen molar-refractivity contribution in [3.63, 3.8) is 0 Å². The van der Waals surface area contributed by atoms with Crippen molar-refractivity contribution < 1.29 is 26.4 Å². The molecule has 27 heavy (non-hydrogen) atoms. The van der Waals surface area contributed by atoms with Gasteiger partial charge in [0.2, 0.25) is 0 Å².